The predicted molar refractivity (Wildman–Crippen MR) is 68.4 cm³/mol. The molecule has 1 atom stereocenters. The summed E-state index contributed by atoms with van der Waals surface area (Å²) in [5.41, 5.74) is 5.80. The maximum absolute atomic E-state index is 10.5. The van der Waals surface area contributed by atoms with Crippen LogP contribution in [0.2, 0.25) is 5.02 Å². The Balaban J connectivity index is 2.24. The second-order valence-electron chi connectivity index (χ2n) is 4.71. The number of halogens is 1. The number of aliphatic hydroxyl groups is 1. The maximum Gasteiger partial charge on any atom is 0.122 e. The predicted octanol–water partition coefficient (Wildman–Crippen LogP) is 1.99. The fourth-order valence-electron chi connectivity index (χ4n) is 2.22. The van der Waals surface area contributed by atoms with Gasteiger partial charge in [0.15, 0.2) is 0 Å². The summed E-state index contributed by atoms with van der Waals surface area (Å²) >= 11 is 5.97. The second-order valence-corrected chi connectivity index (χ2v) is 5.15. The summed E-state index contributed by atoms with van der Waals surface area (Å²) in [5.74, 6) is 1.07. The molecule has 0 bridgehead atoms. The first-order valence-corrected chi connectivity index (χ1v) is 6.22. The molecule has 17 heavy (non-hydrogen) atoms. The van der Waals surface area contributed by atoms with Gasteiger partial charge in [-0.15, -0.1) is 0 Å². The van der Waals surface area contributed by atoms with Gasteiger partial charge in [0.2, 0.25) is 0 Å². The molecule has 3 nitrogen and oxygen atoms in total. The maximum atomic E-state index is 10.5. The molecule has 1 aromatic rings. The number of ether oxygens (including phenoxy) is 1. The minimum atomic E-state index is -0.821. The standard InChI is InChI=1S/C13H18ClNO2/c1-17-12-5-4-11(14)6-9(12)7-13(16,8-15)10-2-3-10/h4-6,10,16H,2-3,7-8,15H2,1H3. The molecule has 0 aromatic heterocycles. The lowest BCUT2D eigenvalue weighted by molar-refractivity contribution is 0.0262. The Labute approximate surface area is 107 Å². The van der Waals surface area contributed by atoms with Crippen LogP contribution in [-0.4, -0.2) is 24.4 Å². The van der Waals surface area contributed by atoms with Crippen LogP contribution in [0.25, 0.3) is 0 Å². The lowest BCUT2D eigenvalue weighted by atomic mass is 9.89. The monoisotopic (exact) mass is 255 g/mol. The van der Waals surface area contributed by atoms with Gasteiger partial charge in [0.25, 0.3) is 0 Å². The van der Waals surface area contributed by atoms with Crippen molar-refractivity contribution in [1.82, 2.24) is 0 Å². The third-order valence-corrected chi connectivity index (χ3v) is 3.66. The quantitative estimate of drug-likeness (QED) is 0.846. The van der Waals surface area contributed by atoms with E-state index in [-0.39, 0.29) is 6.54 Å². The van der Waals surface area contributed by atoms with Crippen LogP contribution in [0.5, 0.6) is 5.75 Å². The topological polar surface area (TPSA) is 55.5 Å². The SMILES string of the molecule is COc1ccc(Cl)cc1CC(O)(CN)C1CC1. The third-order valence-electron chi connectivity index (χ3n) is 3.43. The summed E-state index contributed by atoms with van der Waals surface area (Å²) in [7, 11) is 1.62. The van der Waals surface area contributed by atoms with E-state index in [9.17, 15) is 5.11 Å². The normalized spacial score (nSPS) is 18.8. The summed E-state index contributed by atoms with van der Waals surface area (Å²) in [6, 6.07) is 5.44. The Morgan fingerprint density at radius 3 is 2.76 bits per heavy atom. The number of nitrogens with two attached hydrogens (primary N) is 1. The number of benzene rings is 1. The highest BCUT2D eigenvalue weighted by molar-refractivity contribution is 6.30. The average Bonchev–Trinajstić information content (AvgIpc) is 3.13. The molecule has 1 fully saturated rings. The van der Waals surface area contributed by atoms with E-state index in [0.717, 1.165) is 24.2 Å². The number of methoxy groups -OCH3 is 1. The highest BCUT2D eigenvalue weighted by Crippen LogP contribution is 2.42. The molecule has 2 rings (SSSR count). The first kappa shape index (κ1) is 12.7. The van der Waals surface area contributed by atoms with Crippen molar-refractivity contribution in [2.75, 3.05) is 13.7 Å². The van der Waals surface area contributed by atoms with Gasteiger partial charge in [-0.1, -0.05) is 11.6 Å². The highest BCUT2D eigenvalue weighted by Gasteiger charge is 2.43. The molecule has 1 aliphatic carbocycles. The molecule has 1 saturated carbocycles. The summed E-state index contributed by atoms with van der Waals surface area (Å²) in [5, 5.41) is 11.1. The van der Waals surface area contributed by atoms with Crippen molar-refractivity contribution in [3.05, 3.63) is 28.8 Å². The molecule has 1 aliphatic rings. The zero-order valence-corrected chi connectivity index (χ0v) is 10.7. The van der Waals surface area contributed by atoms with Gasteiger partial charge in [-0.25, -0.2) is 0 Å². The Bertz CT molecular complexity index is 406. The molecule has 4 heteroatoms. The highest BCUT2D eigenvalue weighted by atomic mass is 35.5. The lowest BCUT2D eigenvalue weighted by Crippen LogP contribution is -2.42. The van der Waals surface area contributed by atoms with Crippen molar-refractivity contribution in [2.45, 2.75) is 24.9 Å². The van der Waals surface area contributed by atoms with Crippen molar-refractivity contribution < 1.29 is 9.84 Å². The Morgan fingerprint density at radius 1 is 1.53 bits per heavy atom. The van der Waals surface area contributed by atoms with E-state index in [4.69, 9.17) is 22.1 Å². The van der Waals surface area contributed by atoms with Gasteiger partial charge in [-0.05, 0) is 42.5 Å². The van der Waals surface area contributed by atoms with Crippen LogP contribution < -0.4 is 10.5 Å². The Kier molecular flexibility index (Phi) is 3.61. The lowest BCUT2D eigenvalue weighted by Gasteiger charge is -2.27. The van der Waals surface area contributed by atoms with Crippen LogP contribution in [0.1, 0.15) is 18.4 Å². The van der Waals surface area contributed by atoms with Crippen molar-refractivity contribution in [2.24, 2.45) is 11.7 Å². The largest absolute Gasteiger partial charge is 0.496 e. The minimum Gasteiger partial charge on any atom is -0.496 e. The minimum absolute atomic E-state index is 0.271. The Morgan fingerprint density at radius 2 is 2.24 bits per heavy atom. The van der Waals surface area contributed by atoms with Crippen molar-refractivity contribution in [3.8, 4) is 5.75 Å². The van der Waals surface area contributed by atoms with Gasteiger partial charge in [0.05, 0.1) is 12.7 Å². The van der Waals surface area contributed by atoms with Crippen LogP contribution >= 0.6 is 11.6 Å². The molecular formula is C13H18ClNO2. The van der Waals surface area contributed by atoms with Crippen LogP contribution in [0.3, 0.4) is 0 Å². The first-order chi connectivity index (χ1) is 8.09. The molecule has 0 amide bonds. The van der Waals surface area contributed by atoms with Gasteiger partial charge >= 0.3 is 0 Å². The number of hydrogen-bond acceptors (Lipinski definition) is 3. The Hall–Kier alpha value is -0.770. The van der Waals surface area contributed by atoms with E-state index in [0.29, 0.717) is 17.4 Å². The van der Waals surface area contributed by atoms with Gasteiger partial charge < -0.3 is 15.6 Å². The van der Waals surface area contributed by atoms with E-state index >= 15 is 0 Å². The van der Waals surface area contributed by atoms with Gasteiger partial charge in [0.1, 0.15) is 5.75 Å². The molecular weight excluding hydrogens is 238 g/mol. The van der Waals surface area contributed by atoms with Crippen LogP contribution in [-0.2, 0) is 6.42 Å². The van der Waals surface area contributed by atoms with Crippen LogP contribution in [0.15, 0.2) is 18.2 Å². The van der Waals surface area contributed by atoms with E-state index in [1.807, 2.05) is 12.1 Å². The van der Waals surface area contributed by atoms with Crippen molar-refractivity contribution >= 4 is 11.6 Å². The van der Waals surface area contributed by atoms with Crippen LogP contribution in [0.4, 0.5) is 0 Å². The summed E-state index contributed by atoms with van der Waals surface area (Å²) in [4.78, 5) is 0. The zero-order valence-electron chi connectivity index (χ0n) is 9.95. The summed E-state index contributed by atoms with van der Waals surface area (Å²) < 4.78 is 5.28. The summed E-state index contributed by atoms with van der Waals surface area (Å²) in [6.45, 7) is 0.271. The van der Waals surface area contributed by atoms with Gasteiger partial charge in [-0.3, -0.25) is 0 Å². The van der Waals surface area contributed by atoms with Crippen LogP contribution in [0, 0.1) is 5.92 Å². The van der Waals surface area contributed by atoms with Crippen molar-refractivity contribution in [1.29, 1.82) is 0 Å². The fraction of sp³-hybridized carbons (Fsp3) is 0.538. The number of rotatable bonds is 5. The fourth-order valence-corrected chi connectivity index (χ4v) is 2.41. The molecule has 1 aromatic carbocycles. The molecule has 0 saturated heterocycles. The van der Waals surface area contributed by atoms with Gasteiger partial charge in [-0.2, -0.15) is 0 Å². The number of hydrogen-bond donors (Lipinski definition) is 2. The molecule has 0 heterocycles. The molecule has 0 radical (unpaired) electrons. The molecule has 0 spiro atoms. The molecule has 1 unspecified atom stereocenters. The van der Waals surface area contributed by atoms with E-state index in [1.54, 1.807) is 13.2 Å². The van der Waals surface area contributed by atoms with Crippen molar-refractivity contribution in [3.63, 3.8) is 0 Å². The van der Waals surface area contributed by atoms with E-state index < -0.39 is 5.60 Å². The zero-order chi connectivity index (χ0) is 12.5. The molecule has 0 aliphatic heterocycles. The second kappa shape index (κ2) is 4.84. The van der Waals surface area contributed by atoms with Gasteiger partial charge in [0, 0.05) is 18.0 Å². The third kappa shape index (κ3) is 2.73. The first-order valence-electron chi connectivity index (χ1n) is 5.84. The molecule has 3 N–H and O–H groups in total. The average molecular weight is 256 g/mol. The summed E-state index contributed by atoms with van der Waals surface area (Å²) in [6.07, 6.45) is 2.60. The smallest absolute Gasteiger partial charge is 0.122 e. The van der Waals surface area contributed by atoms with E-state index in [1.165, 1.54) is 0 Å². The molecule has 94 valence electrons. The van der Waals surface area contributed by atoms with E-state index in [2.05, 4.69) is 0 Å².